The Kier molecular flexibility index (Phi) is 4.55. The van der Waals surface area contributed by atoms with Crippen LogP contribution >= 0.6 is 0 Å². The van der Waals surface area contributed by atoms with Gasteiger partial charge in [-0.1, -0.05) is 12.8 Å². The van der Waals surface area contributed by atoms with Crippen LogP contribution in [0.3, 0.4) is 0 Å². The predicted octanol–water partition coefficient (Wildman–Crippen LogP) is 1.16. The lowest BCUT2D eigenvalue weighted by Crippen LogP contribution is -2.22. The molecule has 65 valence electrons. The second-order valence-electron chi connectivity index (χ2n) is 3.33. The summed E-state index contributed by atoms with van der Waals surface area (Å²) in [6.45, 7) is 2.50. The molecule has 1 aliphatic heterocycles. The molecule has 0 atom stereocenters. The SMILES string of the molecule is OCCCCC1CC[N]CC1. The Morgan fingerprint density at radius 3 is 2.55 bits per heavy atom. The number of nitrogens with zero attached hydrogens (tertiary/aromatic N) is 1. The summed E-state index contributed by atoms with van der Waals surface area (Å²) >= 11 is 0. The van der Waals surface area contributed by atoms with Crippen LogP contribution in [0.2, 0.25) is 0 Å². The smallest absolute Gasteiger partial charge is 0.0431 e. The van der Waals surface area contributed by atoms with Gasteiger partial charge in [0.2, 0.25) is 0 Å². The van der Waals surface area contributed by atoms with Crippen LogP contribution in [0.1, 0.15) is 32.1 Å². The minimum atomic E-state index is 0.358. The Morgan fingerprint density at radius 2 is 1.91 bits per heavy atom. The zero-order chi connectivity index (χ0) is 7.94. The average Bonchev–Trinajstić information content (AvgIpc) is 2.07. The topological polar surface area (TPSA) is 34.3 Å². The fraction of sp³-hybridized carbons (Fsp3) is 1.00. The molecular weight excluding hydrogens is 138 g/mol. The molecule has 1 aliphatic rings. The van der Waals surface area contributed by atoms with E-state index in [1.54, 1.807) is 0 Å². The van der Waals surface area contributed by atoms with Crippen molar-refractivity contribution >= 4 is 0 Å². The summed E-state index contributed by atoms with van der Waals surface area (Å²) in [4.78, 5) is 0. The van der Waals surface area contributed by atoms with Gasteiger partial charge in [-0.15, -0.1) is 0 Å². The van der Waals surface area contributed by atoms with Crippen molar-refractivity contribution in [3.05, 3.63) is 0 Å². The molecule has 0 bridgehead atoms. The van der Waals surface area contributed by atoms with Crippen LogP contribution in [0.4, 0.5) is 0 Å². The molecule has 1 fully saturated rings. The van der Waals surface area contributed by atoms with Gasteiger partial charge in [0, 0.05) is 19.7 Å². The standard InChI is InChI=1S/C9H18NO/c11-8-2-1-3-9-4-6-10-7-5-9/h9,11H,1-8H2. The van der Waals surface area contributed by atoms with Gasteiger partial charge in [0.15, 0.2) is 0 Å². The summed E-state index contributed by atoms with van der Waals surface area (Å²) < 4.78 is 0. The van der Waals surface area contributed by atoms with E-state index in [0.29, 0.717) is 6.61 Å². The fourth-order valence-electron chi connectivity index (χ4n) is 1.64. The number of piperidine rings is 1. The van der Waals surface area contributed by atoms with Gasteiger partial charge in [-0.05, 0) is 25.2 Å². The normalized spacial score (nSPS) is 20.5. The van der Waals surface area contributed by atoms with Crippen LogP contribution in [0, 0.1) is 5.92 Å². The lowest BCUT2D eigenvalue weighted by Gasteiger charge is -2.20. The molecule has 2 heteroatoms. The van der Waals surface area contributed by atoms with E-state index in [0.717, 1.165) is 25.4 Å². The van der Waals surface area contributed by atoms with Crippen LogP contribution in [0.15, 0.2) is 0 Å². The lowest BCUT2D eigenvalue weighted by atomic mass is 9.93. The molecule has 0 aromatic rings. The van der Waals surface area contributed by atoms with E-state index in [1.165, 1.54) is 25.7 Å². The maximum Gasteiger partial charge on any atom is 0.0431 e. The maximum absolute atomic E-state index is 8.58. The summed E-state index contributed by atoms with van der Waals surface area (Å²) in [5.74, 6) is 0.902. The zero-order valence-electron chi connectivity index (χ0n) is 7.13. The van der Waals surface area contributed by atoms with Crippen molar-refractivity contribution in [2.24, 2.45) is 5.92 Å². The monoisotopic (exact) mass is 156 g/mol. The largest absolute Gasteiger partial charge is 0.396 e. The van der Waals surface area contributed by atoms with E-state index < -0.39 is 0 Å². The average molecular weight is 156 g/mol. The molecule has 1 rings (SSSR count). The van der Waals surface area contributed by atoms with E-state index in [9.17, 15) is 0 Å². The number of unbranched alkanes of at least 4 members (excludes halogenated alkanes) is 1. The quantitative estimate of drug-likeness (QED) is 0.609. The Balaban J connectivity index is 1.96. The van der Waals surface area contributed by atoms with Crippen LogP contribution in [0.5, 0.6) is 0 Å². The van der Waals surface area contributed by atoms with Gasteiger partial charge in [-0.2, -0.15) is 0 Å². The Bertz CT molecular complexity index is 89.6. The fourth-order valence-corrected chi connectivity index (χ4v) is 1.64. The minimum Gasteiger partial charge on any atom is -0.396 e. The van der Waals surface area contributed by atoms with Gasteiger partial charge in [0.05, 0.1) is 0 Å². The molecule has 1 N–H and O–H groups in total. The van der Waals surface area contributed by atoms with Crippen LogP contribution in [-0.2, 0) is 0 Å². The molecule has 1 saturated heterocycles. The van der Waals surface area contributed by atoms with Gasteiger partial charge in [0.25, 0.3) is 0 Å². The molecule has 1 radical (unpaired) electrons. The van der Waals surface area contributed by atoms with Crippen molar-refractivity contribution in [3.63, 3.8) is 0 Å². The van der Waals surface area contributed by atoms with Crippen molar-refractivity contribution < 1.29 is 5.11 Å². The molecule has 0 saturated carbocycles. The van der Waals surface area contributed by atoms with Crippen LogP contribution in [-0.4, -0.2) is 24.8 Å². The molecule has 0 spiro atoms. The summed E-state index contributed by atoms with van der Waals surface area (Å²) in [6, 6.07) is 0. The van der Waals surface area contributed by atoms with Crippen LogP contribution in [0.25, 0.3) is 0 Å². The summed E-state index contributed by atoms with van der Waals surface area (Å²) in [7, 11) is 0. The highest BCUT2D eigenvalue weighted by Gasteiger charge is 2.12. The number of aliphatic hydroxyl groups excluding tert-OH is 1. The van der Waals surface area contributed by atoms with Gasteiger partial charge in [-0.3, -0.25) is 0 Å². The number of hydrogen-bond donors (Lipinski definition) is 1. The third-order valence-electron chi connectivity index (χ3n) is 2.41. The molecule has 0 aliphatic carbocycles. The summed E-state index contributed by atoms with van der Waals surface area (Å²) in [5.41, 5.74) is 0. The minimum absolute atomic E-state index is 0.358. The van der Waals surface area contributed by atoms with Crippen molar-refractivity contribution in [1.82, 2.24) is 5.32 Å². The molecular formula is C9H18NO. The van der Waals surface area contributed by atoms with E-state index >= 15 is 0 Å². The molecule has 0 amide bonds. The number of aliphatic hydroxyl groups is 1. The molecule has 2 nitrogen and oxygen atoms in total. The van der Waals surface area contributed by atoms with E-state index in [4.69, 9.17) is 5.11 Å². The van der Waals surface area contributed by atoms with Gasteiger partial charge >= 0.3 is 0 Å². The number of rotatable bonds is 4. The van der Waals surface area contributed by atoms with Gasteiger partial charge < -0.3 is 5.11 Å². The Labute approximate surface area is 69.0 Å². The molecule has 0 aromatic heterocycles. The lowest BCUT2D eigenvalue weighted by molar-refractivity contribution is 0.269. The third kappa shape index (κ3) is 3.73. The highest BCUT2D eigenvalue weighted by atomic mass is 16.2. The highest BCUT2D eigenvalue weighted by Crippen LogP contribution is 2.18. The first-order valence-corrected chi connectivity index (χ1v) is 4.67. The summed E-state index contributed by atoms with van der Waals surface area (Å²) in [5, 5.41) is 12.9. The highest BCUT2D eigenvalue weighted by molar-refractivity contribution is 4.67. The maximum atomic E-state index is 8.58. The first-order valence-electron chi connectivity index (χ1n) is 4.67. The molecule has 0 aromatic carbocycles. The molecule has 0 unspecified atom stereocenters. The first-order chi connectivity index (χ1) is 5.43. The Morgan fingerprint density at radius 1 is 1.18 bits per heavy atom. The van der Waals surface area contributed by atoms with Gasteiger partial charge in [-0.25, -0.2) is 5.32 Å². The predicted molar refractivity (Wildman–Crippen MR) is 45.5 cm³/mol. The third-order valence-corrected chi connectivity index (χ3v) is 2.41. The van der Waals surface area contributed by atoms with Crippen molar-refractivity contribution in [2.45, 2.75) is 32.1 Å². The van der Waals surface area contributed by atoms with E-state index in [1.807, 2.05) is 0 Å². The van der Waals surface area contributed by atoms with E-state index in [2.05, 4.69) is 5.32 Å². The summed E-state index contributed by atoms with van der Waals surface area (Å²) in [6.07, 6.45) is 6.04. The molecule has 11 heavy (non-hydrogen) atoms. The van der Waals surface area contributed by atoms with Crippen molar-refractivity contribution in [1.29, 1.82) is 0 Å². The van der Waals surface area contributed by atoms with E-state index in [-0.39, 0.29) is 0 Å². The van der Waals surface area contributed by atoms with Crippen LogP contribution < -0.4 is 5.32 Å². The second-order valence-corrected chi connectivity index (χ2v) is 3.33. The van der Waals surface area contributed by atoms with Crippen molar-refractivity contribution in [2.75, 3.05) is 19.7 Å². The zero-order valence-corrected chi connectivity index (χ0v) is 7.13. The first kappa shape index (κ1) is 9.01. The van der Waals surface area contributed by atoms with Crippen molar-refractivity contribution in [3.8, 4) is 0 Å². The number of hydrogen-bond acceptors (Lipinski definition) is 1. The second kappa shape index (κ2) is 5.56. The molecule has 1 heterocycles. The Hall–Kier alpha value is -0.0800. The van der Waals surface area contributed by atoms with Gasteiger partial charge in [0.1, 0.15) is 0 Å².